The lowest BCUT2D eigenvalue weighted by Gasteiger charge is -2.18. The summed E-state index contributed by atoms with van der Waals surface area (Å²) in [5.74, 6) is -1.51. The minimum absolute atomic E-state index is 0.0292. The van der Waals surface area contributed by atoms with Crippen LogP contribution < -0.4 is 10.1 Å². The lowest BCUT2D eigenvalue weighted by Crippen LogP contribution is -2.40. The van der Waals surface area contributed by atoms with Crippen molar-refractivity contribution in [3.05, 3.63) is 101 Å². The van der Waals surface area contributed by atoms with Crippen molar-refractivity contribution in [1.29, 1.82) is 0 Å². The van der Waals surface area contributed by atoms with Gasteiger partial charge in [-0.05, 0) is 72.1 Å². The third-order valence-electron chi connectivity index (χ3n) is 6.04. The summed E-state index contributed by atoms with van der Waals surface area (Å²) >= 11 is 0. The number of carbonyl (C=O) groups excluding carboxylic acids is 1. The second kappa shape index (κ2) is 12.0. The van der Waals surface area contributed by atoms with E-state index < -0.39 is 29.7 Å². The molecular weight excluding hydrogens is 529 g/mol. The molecule has 208 valence electrons. The van der Waals surface area contributed by atoms with Crippen molar-refractivity contribution < 1.29 is 42.4 Å². The molecule has 0 aliphatic heterocycles. The second-order valence-electron chi connectivity index (χ2n) is 9.02. The molecule has 0 unspecified atom stereocenters. The first-order chi connectivity index (χ1) is 19.0. The Labute approximate surface area is 227 Å². The molecule has 0 bridgehead atoms. The molecule has 1 atom stereocenters. The molecule has 8 nitrogen and oxygen atoms in total. The van der Waals surface area contributed by atoms with Gasteiger partial charge in [0.1, 0.15) is 23.8 Å². The van der Waals surface area contributed by atoms with Crippen LogP contribution in [0.3, 0.4) is 0 Å². The molecule has 0 saturated heterocycles. The highest BCUT2D eigenvalue weighted by molar-refractivity contribution is 6.06. The van der Waals surface area contributed by atoms with E-state index in [-0.39, 0.29) is 46.9 Å². The van der Waals surface area contributed by atoms with Gasteiger partial charge >= 0.3 is 12.1 Å². The second-order valence-corrected chi connectivity index (χ2v) is 9.02. The van der Waals surface area contributed by atoms with Crippen LogP contribution in [0.5, 0.6) is 11.5 Å². The number of methoxy groups -OCH3 is 1. The molecule has 1 amide bonds. The first kappa shape index (κ1) is 28.4. The molecule has 0 saturated carbocycles. The Hall–Kier alpha value is -4.64. The van der Waals surface area contributed by atoms with Crippen molar-refractivity contribution in [3.8, 4) is 11.5 Å². The van der Waals surface area contributed by atoms with Crippen LogP contribution in [-0.4, -0.2) is 46.8 Å². The molecule has 1 aromatic heterocycles. The smallest absolute Gasteiger partial charge is 0.416 e. The number of halogens is 3. The molecule has 3 aromatic carbocycles. The zero-order valence-corrected chi connectivity index (χ0v) is 21.2. The number of rotatable bonds is 10. The van der Waals surface area contributed by atoms with Gasteiger partial charge in [-0.3, -0.25) is 4.79 Å². The van der Waals surface area contributed by atoms with Crippen LogP contribution in [0.4, 0.5) is 13.2 Å². The number of aromatic nitrogens is 1. The van der Waals surface area contributed by atoms with Crippen molar-refractivity contribution >= 4 is 22.8 Å². The summed E-state index contributed by atoms with van der Waals surface area (Å²) in [6.07, 6.45) is -4.05. The Bertz CT molecular complexity index is 1510. The molecule has 0 aliphatic carbocycles. The number of pyridine rings is 1. The number of amides is 1. The third-order valence-corrected chi connectivity index (χ3v) is 6.04. The van der Waals surface area contributed by atoms with Crippen LogP contribution >= 0.6 is 0 Å². The number of nitrogens with zero attached hydrogens (tertiary/aromatic N) is 1. The molecule has 3 N–H and O–H groups in total. The van der Waals surface area contributed by atoms with Gasteiger partial charge in [0.15, 0.2) is 0 Å². The summed E-state index contributed by atoms with van der Waals surface area (Å²) in [6, 6.07) is 16.2. The van der Waals surface area contributed by atoms with Crippen LogP contribution in [0.1, 0.15) is 37.5 Å². The summed E-state index contributed by atoms with van der Waals surface area (Å²) in [5.41, 5.74) is 0.646. The summed E-state index contributed by atoms with van der Waals surface area (Å²) in [4.78, 5) is 29.5. The molecule has 0 spiro atoms. The van der Waals surface area contributed by atoms with Gasteiger partial charge in [-0.1, -0.05) is 18.2 Å². The van der Waals surface area contributed by atoms with Crippen LogP contribution in [0, 0.1) is 0 Å². The van der Waals surface area contributed by atoms with E-state index in [1.165, 1.54) is 37.4 Å². The fourth-order valence-corrected chi connectivity index (χ4v) is 4.09. The number of carboxylic acids is 1. The number of benzene rings is 3. The van der Waals surface area contributed by atoms with Gasteiger partial charge in [-0.2, -0.15) is 13.2 Å². The predicted octanol–water partition coefficient (Wildman–Crippen LogP) is 5.22. The summed E-state index contributed by atoms with van der Waals surface area (Å²) in [7, 11) is 1.49. The molecule has 0 aliphatic rings. The topological polar surface area (TPSA) is 118 Å². The van der Waals surface area contributed by atoms with E-state index in [1.807, 2.05) is 0 Å². The summed E-state index contributed by atoms with van der Waals surface area (Å²) in [5, 5.41) is 22.4. The summed E-state index contributed by atoms with van der Waals surface area (Å²) in [6.45, 7) is 0.160. The van der Waals surface area contributed by atoms with E-state index in [0.29, 0.717) is 12.0 Å². The summed E-state index contributed by atoms with van der Waals surface area (Å²) < 4.78 is 49.1. The van der Waals surface area contributed by atoms with E-state index in [0.717, 1.165) is 17.7 Å². The van der Waals surface area contributed by atoms with Crippen molar-refractivity contribution in [1.82, 2.24) is 10.3 Å². The van der Waals surface area contributed by atoms with Crippen LogP contribution in [-0.2, 0) is 23.9 Å². The number of phenols is 1. The molecular formula is C29H25F3N2O6. The molecule has 0 fully saturated rings. The maximum atomic E-state index is 13.1. The number of carbonyl (C=O) groups is 2. The quantitative estimate of drug-likeness (QED) is 0.246. The number of aromatic hydroxyl groups is 1. The average molecular weight is 555 g/mol. The van der Waals surface area contributed by atoms with Crippen molar-refractivity contribution in [2.45, 2.75) is 25.2 Å². The number of alkyl halides is 3. The fraction of sp³-hybridized carbons (Fsp3) is 0.207. The predicted molar refractivity (Wildman–Crippen MR) is 139 cm³/mol. The number of hydrogen-bond donors (Lipinski definition) is 3. The van der Waals surface area contributed by atoms with Crippen molar-refractivity contribution in [2.75, 3.05) is 13.7 Å². The van der Waals surface area contributed by atoms with E-state index in [2.05, 4.69) is 10.3 Å². The number of ether oxygens (including phenoxy) is 2. The number of fused-ring (bicyclic) bond motifs is 1. The minimum Gasteiger partial charge on any atom is -0.508 e. The Kier molecular flexibility index (Phi) is 8.54. The van der Waals surface area contributed by atoms with Gasteiger partial charge in [0.05, 0.1) is 29.3 Å². The third kappa shape index (κ3) is 7.06. The number of aromatic carboxylic acids is 1. The zero-order chi connectivity index (χ0) is 28.9. The Morgan fingerprint density at radius 1 is 0.975 bits per heavy atom. The van der Waals surface area contributed by atoms with E-state index in [4.69, 9.17) is 9.47 Å². The van der Waals surface area contributed by atoms with Gasteiger partial charge in [-0.15, -0.1) is 0 Å². The van der Waals surface area contributed by atoms with Gasteiger partial charge < -0.3 is 25.0 Å². The Balaban J connectivity index is 1.52. The lowest BCUT2D eigenvalue weighted by atomic mass is 10.0. The fourth-order valence-electron chi connectivity index (χ4n) is 4.09. The van der Waals surface area contributed by atoms with Crippen LogP contribution in [0.25, 0.3) is 10.9 Å². The molecule has 4 aromatic rings. The van der Waals surface area contributed by atoms with Crippen molar-refractivity contribution in [3.63, 3.8) is 0 Å². The number of phenolic OH excluding ortho intramolecular Hbond substituents is 1. The standard InChI is InChI=1S/C29H25F3N2O6/c1-39-16-20(12-17-2-7-21(35)8-3-17)33-27(36)26-14-24(28(37)38)23-13-18(4-11-25(23)34-26)15-40-22-9-5-19(6-10-22)29(30,31)32/h2-11,13-14,20,35H,12,15-16H2,1H3,(H,33,36)(H,37,38)/t20-/m0/s1. The number of hydrogen-bond acceptors (Lipinski definition) is 6. The van der Waals surface area contributed by atoms with E-state index >= 15 is 0 Å². The van der Waals surface area contributed by atoms with Crippen LogP contribution in [0.15, 0.2) is 72.8 Å². The first-order valence-corrected chi connectivity index (χ1v) is 12.1. The normalized spacial score (nSPS) is 12.2. The highest BCUT2D eigenvalue weighted by Crippen LogP contribution is 2.30. The molecule has 1 heterocycles. The van der Waals surface area contributed by atoms with E-state index in [1.54, 1.807) is 30.3 Å². The SMILES string of the molecule is COC[C@H](Cc1ccc(O)cc1)NC(=O)c1cc(C(=O)O)c2cc(COc3ccc(C(F)(F)F)cc3)ccc2n1. The molecule has 11 heteroatoms. The molecule has 0 radical (unpaired) electrons. The Morgan fingerprint density at radius 2 is 1.65 bits per heavy atom. The Morgan fingerprint density at radius 3 is 2.27 bits per heavy atom. The maximum absolute atomic E-state index is 13.1. The van der Waals surface area contributed by atoms with Crippen LogP contribution in [0.2, 0.25) is 0 Å². The highest BCUT2D eigenvalue weighted by atomic mass is 19.4. The van der Waals surface area contributed by atoms with Crippen molar-refractivity contribution in [2.24, 2.45) is 0 Å². The molecule has 40 heavy (non-hydrogen) atoms. The molecule has 4 rings (SSSR count). The monoisotopic (exact) mass is 554 g/mol. The largest absolute Gasteiger partial charge is 0.508 e. The van der Waals surface area contributed by atoms with Gasteiger partial charge in [0, 0.05) is 12.5 Å². The van der Waals surface area contributed by atoms with Gasteiger partial charge in [-0.25, -0.2) is 9.78 Å². The highest BCUT2D eigenvalue weighted by Gasteiger charge is 2.30. The number of nitrogens with one attached hydrogen (secondary N) is 1. The number of carboxylic acid groups (broad SMARTS) is 1. The zero-order valence-electron chi connectivity index (χ0n) is 21.2. The lowest BCUT2D eigenvalue weighted by molar-refractivity contribution is -0.137. The van der Waals surface area contributed by atoms with Gasteiger partial charge in [0.2, 0.25) is 0 Å². The van der Waals surface area contributed by atoms with Gasteiger partial charge in [0.25, 0.3) is 5.91 Å². The first-order valence-electron chi connectivity index (χ1n) is 12.1. The van der Waals surface area contributed by atoms with E-state index in [9.17, 15) is 33.0 Å². The average Bonchev–Trinajstić information content (AvgIpc) is 2.92. The maximum Gasteiger partial charge on any atom is 0.416 e. The minimum atomic E-state index is -4.45.